The molecule has 1 N–H and O–H groups in total. The van der Waals surface area contributed by atoms with Crippen molar-refractivity contribution in [2.24, 2.45) is 7.05 Å². The number of piperidine rings is 1. The Morgan fingerprint density at radius 2 is 1.91 bits per heavy atom. The van der Waals surface area contributed by atoms with Gasteiger partial charge in [-0.05, 0) is 38.1 Å². The van der Waals surface area contributed by atoms with E-state index >= 15 is 0 Å². The fourth-order valence-corrected chi connectivity index (χ4v) is 3.36. The minimum Gasteiger partial charge on any atom is -0.333 e. The Morgan fingerprint density at radius 3 is 2.65 bits per heavy atom. The topological polar surface area (TPSA) is 64.2 Å². The summed E-state index contributed by atoms with van der Waals surface area (Å²) in [6, 6.07) is 7.52. The molecule has 0 saturated carbocycles. The molecule has 0 atom stereocenters. The average Bonchev–Trinajstić information content (AvgIpc) is 3.06. The Labute approximate surface area is 133 Å². The summed E-state index contributed by atoms with van der Waals surface area (Å²) < 4.78 is 3.59. The van der Waals surface area contributed by atoms with Gasteiger partial charge in [0.15, 0.2) is 0 Å². The van der Waals surface area contributed by atoms with Crippen molar-refractivity contribution in [1.82, 2.24) is 24.5 Å². The molecule has 1 aliphatic rings. The fourth-order valence-electron chi connectivity index (χ4n) is 3.36. The molecule has 1 fully saturated rings. The van der Waals surface area contributed by atoms with Crippen molar-refractivity contribution >= 4 is 5.65 Å². The van der Waals surface area contributed by atoms with Gasteiger partial charge >= 0.3 is 0 Å². The molecule has 0 spiro atoms. The molecule has 0 bridgehead atoms. The van der Waals surface area contributed by atoms with E-state index in [1.165, 1.54) is 4.52 Å². The summed E-state index contributed by atoms with van der Waals surface area (Å²) in [6.07, 6.45) is 5.60. The van der Waals surface area contributed by atoms with Gasteiger partial charge in [0.05, 0.1) is 5.69 Å². The Bertz CT molecular complexity index is 890. The lowest BCUT2D eigenvalue weighted by Crippen LogP contribution is -2.29. The van der Waals surface area contributed by atoms with Gasteiger partial charge in [0.2, 0.25) is 0 Å². The first-order valence-electron chi connectivity index (χ1n) is 7.95. The van der Waals surface area contributed by atoms with Crippen LogP contribution < -0.4 is 10.9 Å². The van der Waals surface area contributed by atoms with Crippen molar-refractivity contribution in [2.75, 3.05) is 13.1 Å². The van der Waals surface area contributed by atoms with E-state index in [9.17, 15) is 4.79 Å². The molecule has 0 aliphatic carbocycles. The zero-order valence-corrected chi connectivity index (χ0v) is 13.1. The van der Waals surface area contributed by atoms with Crippen molar-refractivity contribution in [2.45, 2.75) is 18.8 Å². The lowest BCUT2D eigenvalue weighted by atomic mass is 9.94. The number of nitrogens with one attached hydrogen (secondary N) is 1. The molecule has 1 aliphatic heterocycles. The quantitative estimate of drug-likeness (QED) is 0.780. The van der Waals surface area contributed by atoms with Crippen molar-refractivity contribution < 1.29 is 0 Å². The van der Waals surface area contributed by atoms with Crippen LogP contribution in [0.3, 0.4) is 0 Å². The summed E-state index contributed by atoms with van der Waals surface area (Å²) in [5, 5.41) is 7.84. The Morgan fingerprint density at radius 1 is 1.17 bits per heavy atom. The van der Waals surface area contributed by atoms with Crippen LogP contribution >= 0.6 is 0 Å². The highest BCUT2D eigenvalue weighted by atomic mass is 16.1. The summed E-state index contributed by atoms with van der Waals surface area (Å²) >= 11 is 0. The van der Waals surface area contributed by atoms with E-state index in [2.05, 4.69) is 20.0 Å². The molecule has 3 aromatic heterocycles. The Kier molecular flexibility index (Phi) is 3.46. The van der Waals surface area contributed by atoms with Crippen molar-refractivity contribution in [3.05, 3.63) is 52.7 Å². The maximum absolute atomic E-state index is 12.5. The van der Waals surface area contributed by atoms with Gasteiger partial charge in [-0.2, -0.15) is 9.61 Å². The van der Waals surface area contributed by atoms with E-state index < -0.39 is 0 Å². The summed E-state index contributed by atoms with van der Waals surface area (Å²) in [5.41, 5.74) is 3.63. The highest BCUT2D eigenvalue weighted by Crippen LogP contribution is 2.26. The molecule has 23 heavy (non-hydrogen) atoms. The van der Waals surface area contributed by atoms with Crippen LogP contribution in [-0.2, 0) is 7.05 Å². The first-order chi connectivity index (χ1) is 11.2. The van der Waals surface area contributed by atoms with Crippen LogP contribution in [0.5, 0.6) is 0 Å². The molecule has 0 unspecified atom stereocenters. The van der Waals surface area contributed by atoms with Gasteiger partial charge in [-0.25, -0.2) is 0 Å². The molecule has 0 amide bonds. The van der Waals surface area contributed by atoms with E-state index in [1.807, 2.05) is 25.2 Å². The number of hydrogen-bond donors (Lipinski definition) is 1. The van der Waals surface area contributed by atoms with E-state index in [-0.39, 0.29) is 5.56 Å². The highest BCUT2D eigenvalue weighted by molar-refractivity contribution is 5.63. The van der Waals surface area contributed by atoms with Gasteiger partial charge in [0.25, 0.3) is 5.56 Å². The van der Waals surface area contributed by atoms with E-state index in [0.717, 1.165) is 48.5 Å². The zero-order chi connectivity index (χ0) is 15.8. The van der Waals surface area contributed by atoms with Gasteiger partial charge in [0.1, 0.15) is 5.65 Å². The molecule has 118 valence electrons. The van der Waals surface area contributed by atoms with Crippen LogP contribution in [0, 0.1) is 0 Å². The third-order valence-electron chi connectivity index (χ3n) is 4.64. The predicted molar refractivity (Wildman–Crippen MR) is 88.5 cm³/mol. The molecule has 0 aromatic carbocycles. The van der Waals surface area contributed by atoms with Gasteiger partial charge in [-0.3, -0.25) is 9.78 Å². The predicted octanol–water partition coefficient (Wildman–Crippen LogP) is 1.56. The molecule has 6 heteroatoms. The van der Waals surface area contributed by atoms with Crippen LogP contribution in [0.15, 0.2) is 41.5 Å². The number of hydrogen-bond acceptors (Lipinski definition) is 4. The molecule has 3 aromatic rings. The van der Waals surface area contributed by atoms with E-state index in [0.29, 0.717) is 5.92 Å². The van der Waals surface area contributed by atoms with Crippen molar-refractivity contribution in [3.8, 4) is 11.3 Å². The van der Waals surface area contributed by atoms with Crippen LogP contribution in [0.2, 0.25) is 0 Å². The Balaban J connectivity index is 1.86. The number of pyridine rings is 1. The second-order valence-corrected chi connectivity index (χ2v) is 6.03. The minimum atomic E-state index is -0.0630. The van der Waals surface area contributed by atoms with Gasteiger partial charge < -0.3 is 9.88 Å². The third-order valence-corrected chi connectivity index (χ3v) is 4.64. The summed E-state index contributed by atoms with van der Waals surface area (Å²) in [5.74, 6) is 0.429. The smallest absolute Gasteiger partial charge is 0.274 e. The molecule has 6 nitrogen and oxygen atoms in total. The summed E-state index contributed by atoms with van der Waals surface area (Å²) in [4.78, 5) is 16.5. The Hall–Kier alpha value is -2.47. The first-order valence-corrected chi connectivity index (χ1v) is 7.95. The van der Waals surface area contributed by atoms with Gasteiger partial charge in [0, 0.05) is 48.7 Å². The van der Waals surface area contributed by atoms with Crippen molar-refractivity contribution in [1.29, 1.82) is 0 Å². The maximum atomic E-state index is 12.5. The van der Waals surface area contributed by atoms with Crippen LogP contribution in [0.1, 0.15) is 24.5 Å². The van der Waals surface area contributed by atoms with Crippen LogP contribution in [-0.4, -0.2) is 32.3 Å². The summed E-state index contributed by atoms with van der Waals surface area (Å²) in [7, 11) is 2.02. The number of rotatable bonds is 2. The molecule has 4 heterocycles. The first kappa shape index (κ1) is 14.1. The fraction of sp³-hybridized carbons (Fsp3) is 0.353. The SMILES string of the molecule is Cn1c(C2CCNCC2)cc(=O)n2nc(-c3ccncc3)cc12. The number of aromatic nitrogens is 4. The van der Waals surface area contributed by atoms with Crippen LogP contribution in [0.25, 0.3) is 16.9 Å². The normalized spacial score (nSPS) is 16.0. The second-order valence-electron chi connectivity index (χ2n) is 6.03. The zero-order valence-electron chi connectivity index (χ0n) is 13.1. The van der Waals surface area contributed by atoms with Gasteiger partial charge in [-0.15, -0.1) is 0 Å². The molecule has 4 rings (SSSR count). The second kappa shape index (κ2) is 5.62. The molecule has 0 radical (unpaired) electrons. The molecular formula is C17H19N5O. The average molecular weight is 309 g/mol. The lowest BCUT2D eigenvalue weighted by Gasteiger charge is -2.25. The third kappa shape index (κ3) is 2.45. The monoisotopic (exact) mass is 309 g/mol. The molecule has 1 saturated heterocycles. The van der Waals surface area contributed by atoms with Gasteiger partial charge in [-0.1, -0.05) is 0 Å². The van der Waals surface area contributed by atoms with E-state index in [4.69, 9.17) is 0 Å². The number of fused-ring (bicyclic) bond motifs is 1. The van der Waals surface area contributed by atoms with Crippen LogP contribution in [0.4, 0.5) is 0 Å². The number of nitrogens with zero attached hydrogens (tertiary/aromatic N) is 4. The van der Waals surface area contributed by atoms with Crippen molar-refractivity contribution in [3.63, 3.8) is 0 Å². The summed E-state index contributed by atoms with van der Waals surface area (Å²) in [6.45, 7) is 2.01. The standard InChI is InChI=1S/C17H19N5O/c1-21-15(13-4-8-19-9-5-13)11-17(23)22-16(21)10-14(20-22)12-2-6-18-7-3-12/h2-3,6-7,10-11,13,19H,4-5,8-9H2,1H3. The van der Waals surface area contributed by atoms with E-state index in [1.54, 1.807) is 18.5 Å². The maximum Gasteiger partial charge on any atom is 0.274 e. The largest absolute Gasteiger partial charge is 0.333 e. The minimum absolute atomic E-state index is 0.0630. The molecular weight excluding hydrogens is 290 g/mol. The number of aryl methyl sites for hydroxylation is 1. The lowest BCUT2D eigenvalue weighted by molar-refractivity contribution is 0.443. The highest BCUT2D eigenvalue weighted by Gasteiger charge is 2.20.